The van der Waals surface area contributed by atoms with Gasteiger partial charge in [0.1, 0.15) is 5.75 Å². The molecule has 1 amide bonds. The summed E-state index contributed by atoms with van der Waals surface area (Å²) in [5.41, 5.74) is 1.41. The summed E-state index contributed by atoms with van der Waals surface area (Å²) >= 11 is 0. The summed E-state index contributed by atoms with van der Waals surface area (Å²) in [6.45, 7) is 4.07. The fourth-order valence-electron chi connectivity index (χ4n) is 2.69. The SMILES string of the molecule is CCNC(=O)C1CN(S(=O)(=O)c2ccc(C)cc2)c2ccccc2O1. The molecule has 1 unspecified atom stereocenters. The van der Waals surface area contributed by atoms with E-state index in [-0.39, 0.29) is 17.3 Å². The molecule has 0 fully saturated rings. The number of nitrogens with zero attached hydrogens (tertiary/aromatic N) is 1. The average Bonchev–Trinajstić information content (AvgIpc) is 2.61. The van der Waals surface area contributed by atoms with E-state index in [1.165, 1.54) is 4.31 Å². The maximum atomic E-state index is 13.1. The van der Waals surface area contributed by atoms with Crippen molar-refractivity contribution >= 4 is 21.6 Å². The van der Waals surface area contributed by atoms with Gasteiger partial charge in [0, 0.05) is 6.54 Å². The van der Waals surface area contributed by atoms with E-state index in [1.54, 1.807) is 55.5 Å². The zero-order valence-electron chi connectivity index (χ0n) is 14.1. The standard InChI is InChI=1S/C18H20N2O4S/c1-3-19-18(21)17-12-20(15-6-4-5-7-16(15)24-17)25(22,23)14-10-8-13(2)9-11-14/h4-11,17H,3,12H2,1-2H3,(H,19,21). The van der Waals surface area contributed by atoms with Crippen molar-refractivity contribution in [2.24, 2.45) is 0 Å². The molecule has 0 spiro atoms. The molecule has 1 atom stereocenters. The van der Waals surface area contributed by atoms with Crippen LogP contribution in [0.1, 0.15) is 12.5 Å². The van der Waals surface area contributed by atoms with Crippen LogP contribution in [0.25, 0.3) is 0 Å². The van der Waals surface area contributed by atoms with Crippen LogP contribution in [-0.2, 0) is 14.8 Å². The molecule has 132 valence electrons. The molecule has 3 rings (SSSR count). The lowest BCUT2D eigenvalue weighted by molar-refractivity contribution is -0.127. The van der Waals surface area contributed by atoms with Crippen molar-refractivity contribution in [1.29, 1.82) is 0 Å². The van der Waals surface area contributed by atoms with Gasteiger partial charge in [0.2, 0.25) is 0 Å². The molecule has 1 N–H and O–H groups in total. The molecule has 2 aromatic carbocycles. The van der Waals surface area contributed by atoms with Crippen molar-refractivity contribution < 1.29 is 17.9 Å². The van der Waals surface area contributed by atoms with E-state index < -0.39 is 16.1 Å². The molecule has 1 aliphatic rings. The lowest BCUT2D eigenvalue weighted by Gasteiger charge is -2.34. The molecule has 7 heteroatoms. The van der Waals surface area contributed by atoms with Crippen LogP contribution in [0.15, 0.2) is 53.4 Å². The van der Waals surface area contributed by atoms with Gasteiger partial charge in [-0.25, -0.2) is 8.42 Å². The highest BCUT2D eigenvalue weighted by Gasteiger charge is 2.37. The highest BCUT2D eigenvalue weighted by atomic mass is 32.2. The van der Waals surface area contributed by atoms with E-state index in [0.717, 1.165) is 5.56 Å². The van der Waals surface area contributed by atoms with Crippen molar-refractivity contribution in [3.8, 4) is 5.75 Å². The average molecular weight is 360 g/mol. The number of carbonyl (C=O) groups is 1. The molecule has 25 heavy (non-hydrogen) atoms. The Balaban J connectivity index is 2.03. The van der Waals surface area contributed by atoms with Gasteiger partial charge in [0.25, 0.3) is 15.9 Å². The third-order valence-corrected chi connectivity index (χ3v) is 5.78. The number of hydrogen-bond donors (Lipinski definition) is 1. The molecule has 0 aliphatic carbocycles. The summed E-state index contributed by atoms with van der Waals surface area (Å²) < 4.78 is 33.2. The number of ether oxygens (including phenoxy) is 1. The minimum atomic E-state index is -3.80. The van der Waals surface area contributed by atoms with E-state index in [4.69, 9.17) is 4.74 Å². The Hall–Kier alpha value is -2.54. The Morgan fingerprint density at radius 1 is 1.20 bits per heavy atom. The van der Waals surface area contributed by atoms with Crippen LogP contribution in [-0.4, -0.2) is 33.5 Å². The van der Waals surface area contributed by atoms with Crippen LogP contribution in [0.2, 0.25) is 0 Å². The molecular formula is C18H20N2O4S. The number of rotatable bonds is 4. The molecule has 0 aromatic heterocycles. The highest BCUT2D eigenvalue weighted by Crippen LogP contribution is 2.36. The van der Waals surface area contributed by atoms with Gasteiger partial charge in [0.05, 0.1) is 17.1 Å². The number of fused-ring (bicyclic) bond motifs is 1. The van der Waals surface area contributed by atoms with Crippen LogP contribution < -0.4 is 14.4 Å². The summed E-state index contributed by atoms with van der Waals surface area (Å²) in [6.07, 6.45) is -0.893. The van der Waals surface area contributed by atoms with E-state index in [9.17, 15) is 13.2 Å². The zero-order valence-corrected chi connectivity index (χ0v) is 14.9. The summed E-state index contributed by atoms with van der Waals surface area (Å²) in [5.74, 6) is 0.0433. The number of likely N-dealkylation sites (N-methyl/N-ethyl adjacent to an activating group) is 1. The first-order valence-electron chi connectivity index (χ1n) is 8.06. The van der Waals surface area contributed by atoms with Crippen LogP contribution >= 0.6 is 0 Å². The molecular weight excluding hydrogens is 340 g/mol. The summed E-state index contributed by atoms with van der Waals surface area (Å²) in [6, 6.07) is 13.5. The lowest BCUT2D eigenvalue weighted by Crippen LogP contribution is -2.50. The van der Waals surface area contributed by atoms with Crippen molar-refractivity contribution in [2.75, 3.05) is 17.4 Å². The minimum Gasteiger partial charge on any atom is -0.476 e. The number of sulfonamides is 1. The topological polar surface area (TPSA) is 75.7 Å². The maximum absolute atomic E-state index is 13.1. The van der Waals surface area contributed by atoms with E-state index in [1.807, 2.05) is 6.92 Å². The van der Waals surface area contributed by atoms with Gasteiger partial charge >= 0.3 is 0 Å². The van der Waals surface area contributed by atoms with Gasteiger partial charge in [0.15, 0.2) is 6.10 Å². The third kappa shape index (κ3) is 3.32. The van der Waals surface area contributed by atoms with Crippen molar-refractivity contribution in [2.45, 2.75) is 24.8 Å². The maximum Gasteiger partial charge on any atom is 0.264 e. The van der Waals surface area contributed by atoms with Crippen LogP contribution in [0, 0.1) is 6.92 Å². The summed E-state index contributed by atoms with van der Waals surface area (Å²) in [4.78, 5) is 12.4. The number of benzene rings is 2. The molecule has 0 saturated heterocycles. The molecule has 0 saturated carbocycles. The van der Waals surface area contributed by atoms with E-state index >= 15 is 0 Å². The van der Waals surface area contributed by atoms with Gasteiger partial charge in [-0.1, -0.05) is 29.8 Å². The quantitative estimate of drug-likeness (QED) is 0.906. The second kappa shape index (κ2) is 6.76. The van der Waals surface area contributed by atoms with Gasteiger partial charge in [-0.3, -0.25) is 9.10 Å². The summed E-state index contributed by atoms with van der Waals surface area (Å²) in [5, 5.41) is 2.68. The Morgan fingerprint density at radius 2 is 1.88 bits per heavy atom. The molecule has 2 aromatic rings. The second-order valence-corrected chi connectivity index (χ2v) is 7.68. The van der Waals surface area contributed by atoms with Crippen molar-refractivity contribution in [3.05, 3.63) is 54.1 Å². The predicted octanol–water partition coefficient (Wildman–Crippen LogP) is 2.09. The Labute approximate surface area is 147 Å². The number of carbonyl (C=O) groups excluding carboxylic acids is 1. The van der Waals surface area contributed by atoms with E-state index in [0.29, 0.717) is 18.0 Å². The van der Waals surface area contributed by atoms with Crippen LogP contribution in [0.4, 0.5) is 5.69 Å². The van der Waals surface area contributed by atoms with Gasteiger partial charge in [-0.2, -0.15) is 0 Å². The lowest BCUT2D eigenvalue weighted by atomic mass is 10.2. The smallest absolute Gasteiger partial charge is 0.264 e. The number of anilines is 1. The predicted molar refractivity (Wildman–Crippen MR) is 95.3 cm³/mol. The first kappa shape index (κ1) is 17.3. The number of nitrogens with one attached hydrogen (secondary N) is 1. The van der Waals surface area contributed by atoms with Crippen LogP contribution in [0.5, 0.6) is 5.75 Å². The van der Waals surface area contributed by atoms with Gasteiger partial charge in [-0.15, -0.1) is 0 Å². The van der Waals surface area contributed by atoms with Crippen LogP contribution in [0.3, 0.4) is 0 Å². The Morgan fingerprint density at radius 3 is 2.56 bits per heavy atom. The first-order chi connectivity index (χ1) is 11.9. The first-order valence-corrected chi connectivity index (χ1v) is 9.50. The normalized spacial score (nSPS) is 16.7. The molecule has 1 aliphatic heterocycles. The fraction of sp³-hybridized carbons (Fsp3) is 0.278. The number of para-hydroxylation sites is 2. The fourth-order valence-corrected chi connectivity index (χ4v) is 4.17. The molecule has 1 heterocycles. The van der Waals surface area contributed by atoms with Gasteiger partial charge < -0.3 is 10.1 Å². The van der Waals surface area contributed by atoms with Crippen molar-refractivity contribution in [1.82, 2.24) is 5.32 Å². The largest absolute Gasteiger partial charge is 0.476 e. The Kier molecular flexibility index (Phi) is 4.67. The third-order valence-electron chi connectivity index (χ3n) is 3.99. The number of hydrogen-bond acceptors (Lipinski definition) is 4. The zero-order chi connectivity index (χ0) is 18.0. The van der Waals surface area contributed by atoms with Gasteiger partial charge in [-0.05, 0) is 38.1 Å². The molecule has 0 bridgehead atoms. The molecule has 6 nitrogen and oxygen atoms in total. The number of aryl methyl sites for hydroxylation is 1. The monoisotopic (exact) mass is 360 g/mol. The minimum absolute atomic E-state index is 0.0704. The second-order valence-electron chi connectivity index (χ2n) is 5.82. The number of amides is 1. The molecule has 0 radical (unpaired) electrons. The Bertz CT molecular complexity index is 878. The highest BCUT2D eigenvalue weighted by molar-refractivity contribution is 7.92. The summed E-state index contributed by atoms with van der Waals surface area (Å²) in [7, 11) is -3.80. The van der Waals surface area contributed by atoms with E-state index in [2.05, 4.69) is 5.32 Å². The van der Waals surface area contributed by atoms with Crippen molar-refractivity contribution in [3.63, 3.8) is 0 Å².